The fourth-order valence-corrected chi connectivity index (χ4v) is 2.43. The molecule has 9 nitrogen and oxygen atoms in total. The van der Waals surface area contributed by atoms with Crippen molar-refractivity contribution in [3.05, 3.63) is 47.8 Å². The molecule has 3 heterocycles. The van der Waals surface area contributed by atoms with Crippen molar-refractivity contribution < 1.29 is 28.2 Å². The Bertz CT molecular complexity index is 1040. The third-order valence-corrected chi connectivity index (χ3v) is 3.76. The summed E-state index contributed by atoms with van der Waals surface area (Å²) in [4.78, 5) is 18.9. The summed E-state index contributed by atoms with van der Waals surface area (Å²) in [6, 6.07) is 5.02. The molecule has 0 aliphatic heterocycles. The molecule has 1 atom stereocenters. The van der Waals surface area contributed by atoms with E-state index in [4.69, 9.17) is 5.11 Å². The second-order valence-corrected chi connectivity index (χ2v) is 6.15. The number of hydrogen-bond donors (Lipinski definition) is 3. The number of anilines is 2. The van der Waals surface area contributed by atoms with E-state index in [1.54, 1.807) is 19.1 Å². The number of aliphatic carboxylic acids is 1. The fourth-order valence-electron chi connectivity index (χ4n) is 2.43. The van der Waals surface area contributed by atoms with E-state index in [9.17, 15) is 23.1 Å². The number of carboxylic acids is 1. The van der Waals surface area contributed by atoms with E-state index in [0.29, 0.717) is 11.4 Å². The first-order valence-corrected chi connectivity index (χ1v) is 8.22. The molecule has 0 bridgehead atoms. The number of alkyl halides is 3. The quantitative estimate of drug-likeness (QED) is 0.567. The summed E-state index contributed by atoms with van der Waals surface area (Å²) in [5.41, 5.74) is 0.550. The molecule has 3 rings (SSSR count). The number of nitrogens with zero attached hydrogens (tertiary/aromatic N) is 5. The van der Waals surface area contributed by atoms with Gasteiger partial charge in [-0.2, -0.15) is 13.2 Å². The highest BCUT2D eigenvalue weighted by Gasteiger charge is 2.30. The zero-order valence-electron chi connectivity index (χ0n) is 14.9. The van der Waals surface area contributed by atoms with Gasteiger partial charge in [-0.05, 0) is 36.8 Å². The van der Waals surface area contributed by atoms with Crippen molar-refractivity contribution in [2.45, 2.75) is 25.7 Å². The van der Waals surface area contributed by atoms with Gasteiger partial charge in [0.1, 0.15) is 17.3 Å². The number of carboxylic acid groups (broad SMARTS) is 1. The number of pyridine rings is 2. The van der Waals surface area contributed by atoms with Crippen LogP contribution >= 0.6 is 0 Å². The lowest BCUT2D eigenvalue weighted by Crippen LogP contribution is -2.25. The molecule has 3 aromatic rings. The van der Waals surface area contributed by atoms with Crippen LogP contribution in [0.5, 0.6) is 0 Å². The zero-order valence-corrected chi connectivity index (χ0v) is 14.9. The van der Waals surface area contributed by atoms with Crippen LogP contribution in [0.15, 0.2) is 36.7 Å². The van der Waals surface area contributed by atoms with Gasteiger partial charge in [-0.25, -0.2) is 19.4 Å². The van der Waals surface area contributed by atoms with Gasteiger partial charge in [-0.15, -0.1) is 5.10 Å². The minimum Gasteiger partial charge on any atom is -0.479 e. The van der Waals surface area contributed by atoms with Gasteiger partial charge in [0.15, 0.2) is 6.10 Å². The lowest BCUT2D eigenvalue weighted by Gasteiger charge is -2.10. The Hall–Kier alpha value is -3.54. The van der Waals surface area contributed by atoms with Crippen LogP contribution in [0.1, 0.15) is 11.1 Å². The first-order valence-electron chi connectivity index (χ1n) is 8.22. The average Bonchev–Trinajstić information content (AvgIpc) is 3.09. The highest BCUT2D eigenvalue weighted by atomic mass is 19.4. The Balaban J connectivity index is 1.84. The molecule has 0 aliphatic carbocycles. The Labute approximate surface area is 161 Å². The van der Waals surface area contributed by atoms with E-state index in [-0.39, 0.29) is 18.2 Å². The molecule has 0 saturated carbocycles. The molecule has 0 saturated heterocycles. The standard InChI is InChI=1S/C17H15F3N6O3/c1-9-4-11(12-7-26(25-24-12)8-13(27)16(28)29)22-15(5-9)23-14-6-10(2-3-21-14)17(18,19)20/h2-7,13,27H,8H2,1H3,(H,28,29)(H,21,22,23)/t13-/m0/s1. The average molecular weight is 408 g/mol. The van der Waals surface area contributed by atoms with Gasteiger partial charge in [0.25, 0.3) is 0 Å². The summed E-state index contributed by atoms with van der Waals surface area (Å²) in [7, 11) is 0. The molecular formula is C17H15F3N6O3. The number of nitrogens with one attached hydrogen (secondary N) is 1. The van der Waals surface area contributed by atoms with Crippen LogP contribution in [0.3, 0.4) is 0 Å². The van der Waals surface area contributed by atoms with Gasteiger partial charge < -0.3 is 15.5 Å². The Morgan fingerprint density at radius 3 is 2.69 bits per heavy atom. The second-order valence-electron chi connectivity index (χ2n) is 6.15. The molecule has 3 aromatic heterocycles. The highest BCUT2D eigenvalue weighted by molar-refractivity contribution is 5.71. The van der Waals surface area contributed by atoms with Gasteiger partial charge in [-0.3, -0.25) is 0 Å². The number of hydrogen-bond acceptors (Lipinski definition) is 7. The van der Waals surface area contributed by atoms with E-state index in [0.717, 1.165) is 28.6 Å². The molecule has 3 N–H and O–H groups in total. The monoisotopic (exact) mass is 408 g/mol. The summed E-state index contributed by atoms with van der Waals surface area (Å²) in [5, 5.41) is 28.5. The van der Waals surface area contributed by atoms with Crippen molar-refractivity contribution in [3.63, 3.8) is 0 Å². The number of aromatic nitrogens is 5. The maximum atomic E-state index is 12.9. The maximum Gasteiger partial charge on any atom is 0.416 e. The maximum absolute atomic E-state index is 12.9. The summed E-state index contributed by atoms with van der Waals surface area (Å²) in [5.74, 6) is -1.18. The predicted octanol–water partition coefficient (Wildman–Crippen LogP) is 2.25. The van der Waals surface area contributed by atoms with Gasteiger partial charge in [0.2, 0.25) is 0 Å². The molecule has 0 aliphatic rings. The van der Waals surface area contributed by atoms with Crippen LogP contribution in [0.2, 0.25) is 0 Å². The molecule has 0 fully saturated rings. The SMILES string of the molecule is Cc1cc(Nc2cc(C(F)(F)F)ccn2)nc(-c2cn(C[C@H](O)C(=O)O)nn2)c1. The Morgan fingerprint density at radius 2 is 2.00 bits per heavy atom. The summed E-state index contributed by atoms with van der Waals surface area (Å²) in [6.07, 6.45) is -3.69. The molecule has 0 aromatic carbocycles. The van der Waals surface area contributed by atoms with Crippen LogP contribution in [-0.2, 0) is 17.5 Å². The minimum atomic E-state index is -4.50. The third-order valence-electron chi connectivity index (χ3n) is 3.76. The molecule has 0 radical (unpaired) electrons. The van der Waals surface area contributed by atoms with Gasteiger partial charge in [-0.1, -0.05) is 5.21 Å². The van der Waals surface area contributed by atoms with Crippen LogP contribution in [-0.4, -0.2) is 47.2 Å². The van der Waals surface area contributed by atoms with E-state index in [2.05, 4.69) is 25.6 Å². The summed E-state index contributed by atoms with van der Waals surface area (Å²) < 4.78 is 39.7. The van der Waals surface area contributed by atoms with E-state index >= 15 is 0 Å². The first kappa shape index (κ1) is 20.2. The van der Waals surface area contributed by atoms with E-state index in [1.807, 2.05) is 0 Å². The van der Waals surface area contributed by atoms with Crippen LogP contribution in [0, 0.1) is 6.92 Å². The zero-order chi connectivity index (χ0) is 21.2. The number of halogens is 3. The van der Waals surface area contributed by atoms with Crippen molar-refractivity contribution in [1.29, 1.82) is 0 Å². The number of rotatable bonds is 6. The summed E-state index contributed by atoms with van der Waals surface area (Å²) >= 11 is 0. The first-order chi connectivity index (χ1) is 13.6. The topological polar surface area (TPSA) is 126 Å². The largest absolute Gasteiger partial charge is 0.479 e. The van der Waals surface area contributed by atoms with Crippen molar-refractivity contribution in [2.75, 3.05) is 5.32 Å². The summed E-state index contributed by atoms with van der Waals surface area (Å²) in [6.45, 7) is 1.46. The second kappa shape index (κ2) is 7.83. The molecular weight excluding hydrogens is 393 g/mol. The number of aliphatic hydroxyl groups is 1. The molecule has 0 spiro atoms. The Morgan fingerprint density at radius 1 is 1.24 bits per heavy atom. The normalized spacial score (nSPS) is 12.6. The van der Waals surface area contributed by atoms with Gasteiger partial charge in [0, 0.05) is 6.20 Å². The van der Waals surface area contributed by atoms with Gasteiger partial charge in [0.05, 0.1) is 24.0 Å². The van der Waals surface area contributed by atoms with E-state index < -0.39 is 23.8 Å². The van der Waals surface area contributed by atoms with E-state index in [1.165, 1.54) is 6.20 Å². The van der Waals surface area contributed by atoms with Crippen molar-refractivity contribution in [3.8, 4) is 11.4 Å². The number of aliphatic hydroxyl groups excluding tert-OH is 1. The lowest BCUT2D eigenvalue weighted by molar-refractivity contribution is -0.147. The Kier molecular flexibility index (Phi) is 5.46. The molecule has 29 heavy (non-hydrogen) atoms. The van der Waals surface area contributed by atoms with Crippen molar-refractivity contribution in [1.82, 2.24) is 25.0 Å². The molecule has 12 heteroatoms. The highest BCUT2D eigenvalue weighted by Crippen LogP contribution is 2.30. The third kappa shape index (κ3) is 5.04. The number of carbonyl (C=O) groups is 1. The minimum absolute atomic E-state index is 0.0305. The lowest BCUT2D eigenvalue weighted by atomic mass is 10.2. The fraction of sp³-hybridized carbons (Fsp3) is 0.235. The smallest absolute Gasteiger partial charge is 0.416 e. The van der Waals surface area contributed by atoms with Crippen molar-refractivity contribution in [2.24, 2.45) is 0 Å². The molecule has 0 amide bonds. The number of aryl methyl sites for hydroxylation is 1. The molecule has 152 valence electrons. The predicted molar refractivity (Wildman–Crippen MR) is 94.2 cm³/mol. The van der Waals surface area contributed by atoms with Crippen molar-refractivity contribution >= 4 is 17.6 Å². The van der Waals surface area contributed by atoms with Crippen LogP contribution in [0.4, 0.5) is 24.8 Å². The van der Waals surface area contributed by atoms with Gasteiger partial charge >= 0.3 is 12.1 Å². The van der Waals surface area contributed by atoms with Crippen LogP contribution in [0.25, 0.3) is 11.4 Å². The van der Waals surface area contributed by atoms with Crippen LogP contribution < -0.4 is 5.32 Å². The molecule has 0 unspecified atom stereocenters.